The van der Waals surface area contributed by atoms with E-state index in [0.717, 1.165) is 11.1 Å². The van der Waals surface area contributed by atoms with Crippen molar-refractivity contribution >= 4 is 23.2 Å². The van der Waals surface area contributed by atoms with Gasteiger partial charge in [-0.05, 0) is 73.9 Å². The fourth-order valence-corrected chi connectivity index (χ4v) is 2.99. The van der Waals surface area contributed by atoms with Crippen molar-refractivity contribution in [3.05, 3.63) is 76.6 Å². The molecule has 0 aliphatic heterocycles. The first kappa shape index (κ1) is 20.4. The van der Waals surface area contributed by atoms with Crippen LogP contribution in [0.1, 0.15) is 35.5 Å². The molecule has 0 bridgehead atoms. The molecule has 3 aromatic rings. The molecule has 146 valence electrons. The summed E-state index contributed by atoms with van der Waals surface area (Å²) in [7, 11) is 0. The highest BCUT2D eigenvalue weighted by Crippen LogP contribution is 2.30. The molecule has 2 heterocycles. The molecule has 0 spiro atoms. The Morgan fingerprint density at radius 2 is 1.90 bits per heavy atom. The number of hydrogen-bond donors (Lipinski definition) is 1. The first-order valence-electron chi connectivity index (χ1n) is 8.82. The number of amides is 1. The zero-order chi connectivity index (χ0) is 21.2. The van der Waals surface area contributed by atoms with Crippen LogP contribution in [0.5, 0.6) is 0 Å². The zero-order valence-electron chi connectivity index (χ0n) is 16.1. The Labute approximate surface area is 173 Å². The fourth-order valence-electron chi connectivity index (χ4n) is 2.81. The molecule has 0 atom stereocenters. The number of rotatable bonds is 4. The van der Waals surface area contributed by atoms with Crippen LogP contribution in [0.15, 0.2) is 48.8 Å². The summed E-state index contributed by atoms with van der Waals surface area (Å²) in [5.41, 5.74) is 2.13. The minimum Gasteiger partial charge on any atom is -0.319 e. The van der Waals surface area contributed by atoms with Gasteiger partial charge in [0.05, 0.1) is 22.9 Å². The summed E-state index contributed by atoms with van der Waals surface area (Å²) in [5.74, 6) is -1.05. The molecule has 0 saturated carbocycles. The molecule has 0 aliphatic carbocycles. The number of aromatic nitrogens is 2. The minimum absolute atomic E-state index is 0.0430. The number of nitrogens with one attached hydrogen (secondary N) is 1. The maximum absolute atomic E-state index is 14.5. The van der Waals surface area contributed by atoms with Crippen LogP contribution in [-0.4, -0.2) is 15.9 Å². The lowest BCUT2D eigenvalue weighted by Crippen LogP contribution is -2.19. The normalized spacial score (nSPS) is 11.0. The molecule has 7 heteroatoms. The third-order valence-corrected chi connectivity index (χ3v) is 4.75. The summed E-state index contributed by atoms with van der Waals surface area (Å²) in [5, 5.41) is 12.2. The lowest BCUT2D eigenvalue weighted by Gasteiger charge is -2.16. The van der Waals surface area contributed by atoms with Gasteiger partial charge in [-0.15, -0.1) is 0 Å². The first-order chi connectivity index (χ1) is 13.7. The Morgan fingerprint density at radius 3 is 2.59 bits per heavy atom. The molecule has 0 fully saturated rings. The van der Waals surface area contributed by atoms with E-state index in [4.69, 9.17) is 11.6 Å². The monoisotopic (exact) mass is 408 g/mol. The predicted molar refractivity (Wildman–Crippen MR) is 110 cm³/mol. The molecule has 0 radical (unpaired) electrons. The van der Waals surface area contributed by atoms with Gasteiger partial charge in [-0.3, -0.25) is 9.78 Å². The van der Waals surface area contributed by atoms with Crippen molar-refractivity contribution in [2.75, 3.05) is 5.32 Å². The number of halogens is 2. The number of carbonyl (C=O) groups excluding carboxylic acids is 1. The van der Waals surface area contributed by atoms with Crippen LogP contribution in [-0.2, 0) is 5.41 Å². The molecule has 0 unspecified atom stereocenters. The van der Waals surface area contributed by atoms with E-state index in [2.05, 4.69) is 21.4 Å². The van der Waals surface area contributed by atoms with E-state index < -0.39 is 17.1 Å². The molecular weight excluding hydrogens is 391 g/mol. The Hall–Kier alpha value is -3.30. The van der Waals surface area contributed by atoms with Crippen molar-refractivity contribution in [1.82, 2.24) is 9.97 Å². The number of benzene rings is 1. The molecule has 2 aromatic heterocycles. The van der Waals surface area contributed by atoms with Crippen molar-refractivity contribution in [3.8, 4) is 17.2 Å². The standard InChI is InChI=1S/C22H18ClFN4O/c1-13-8-17(24)18(11-16(13)14-4-7-27-20(23)10-14)28-21(29)15-5-6-26-19(9-15)22(2,3)12-25/h4-11H,1-3H3,(H,28,29). The summed E-state index contributed by atoms with van der Waals surface area (Å²) in [6, 6.07) is 11.6. The smallest absolute Gasteiger partial charge is 0.255 e. The molecular formula is C22H18ClFN4O. The predicted octanol–water partition coefficient (Wildman–Crippen LogP) is 5.30. The molecule has 1 N–H and O–H groups in total. The van der Waals surface area contributed by atoms with Crippen LogP contribution < -0.4 is 5.32 Å². The second-order valence-corrected chi connectivity index (χ2v) is 7.52. The largest absolute Gasteiger partial charge is 0.319 e. The van der Waals surface area contributed by atoms with E-state index in [1.54, 1.807) is 45.2 Å². The van der Waals surface area contributed by atoms with Gasteiger partial charge < -0.3 is 5.32 Å². The van der Waals surface area contributed by atoms with Gasteiger partial charge in [0.25, 0.3) is 5.91 Å². The second-order valence-electron chi connectivity index (χ2n) is 7.13. The summed E-state index contributed by atoms with van der Waals surface area (Å²) in [4.78, 5) is 20.8. The lowest BCUT2D eigenvalue weighted by atomic mass is 9.90. The van der Waals surface area contributed by atoms with E-state index in [-0.39, 0.29) is 11.3 Å². The average molecular weight is 409 g/mol. The zero-order valence-corrected chi connectivity index (χ0v) is 16.9. The van der Waals surface area contributed by atoms with Gasteiger partial charge >= 0.3 is 0 Å². The number of aryl methyl sites for hydroxylation is 1. The summed E-state index contributed by atoms with van der Waals surface area (Å²) in [6.45, 7) is 5.20. The molecule has 1 amide bonds. The van der Waals surface area contributed by atoms with E-state index in [9.17, 15) is 14.4 Å². The van der Waals surface area contributed by atoms with Crippen molar-refractivity contribution in [1.29, 1.82) is 5.26 Å². The Kier molecular flexibility index (Phi) is 5.62. The highest BCUT2D eigenvalue weighted by atomic mass is 35.5. The summed E-state index contributed by atoms with van der Waals surface area (Å²) in [6.07, 6.45) is 3.02. The van der Waals surface area contributed by atoms with Crippen LogP contribution in [0.25, 0.3) is 11.1 Å². The number of hydrogen-bond acceptors (Lipinski definition) is 4. The molecule has 0 aliphatic rings. The van der Waals surface area contributed by atoms with Gasteiger partial charge in [-0.1, -0.05) is 11.6 Å². The number of pyridine rings is 2. The Balaban J connectivity index is 1.95. The third kappa shape index (κ3) is 4.41. The van der Waals surface area contributed by atoms with Crippen molar-refractivity contribution in [2.45, 2.75) is 26.2 Å². The third-order valence-electron chi connectivity index (χ3n) is 4.54. The van der Waals surface area contributed by atoms with Crippen LogP contribution in [0, 0.1) is 24.1 Å². The quantitative estimate of drug-likeness (QED) is 0.594. The highest BCUT2D eigenvalue weighted by Gasteiger charge is 2.23. The molecule has 5 nitrogen and oxygen atoms in total. The second kappa shape index (κ2) is 7.98. The summed E-state index contributed by atoms with van der Waals surface area (Å²) < 4.78 is 14.5. The molecule has 3 rings (SSSR count). The SMILES string of the molecule is Cc1cc(F)c(NC(=O)c2ccnc(C(C)(C)C#N)c2)cc1-c1ccnc(Cl)c1. The van der Waals surface area contributed by atoms with E-state index in [1.807, 2.05) is 0 Å². The fraction of sp³-hybridized carbons (Fsp3) is 0.182. The number of nitriles is 1. The van der Waals surface area contributed by atoms with Crippen LogP contribution in [0.4, 0.5) is 10.1 Å². The number of carbonyl (C=O) groups is 1. The molecule has 29 heavy (non-hydrogen) atoms. The van der Waals surface area contributed by atoms with Gasteiger partial charge in [0, 0.05) is 18.0 Å². The van der Waals surface area contributed by atoms with Crippen LogP contribution >= 0.6 is 11.6 Å². The molecule has 1 aromatic carbocycles. The van der Waals surface area contributed by atoms with Crippen molar-refractivity contribution in [3.63, 3.8) is 0 Å². The first-order valence-corrected chi connectivity index (χ1v) is 9.20. The van der Waals surface area contributed by atoms with Crippen molar-refractivity contribution in [2.24, 2.45) is 0 Å². The maximum Gasteiger partial charge on any atom is 0.255 e. The number of nitrogens with zero attached hydrogens (tertiary/aromatic N) is 3. The Morgan fingerprint density at radius 1 is 1.17 bits per heavy atom. The van der Waals surface area contributed by atoms with E-state index in [0.29, 0.717) is 16.4 Å². The maximum atomic E-state index is 14.5. The van der Waals surface area contributed by atoms with Gasteiger partial charge in [0.2, 0.25) is 0 Å². The molecule has 0 saturated heterocycles. The topological polar surface area (TPSA) is 78.7 Å². The van der Waals surface area contributed by atoms with Crippen molar-refractivity contribution < 1.29 is 9.18 Å². The summed E-state index contributed by atoms with van der Waals surface area (Å²) >= 11 is 5.96. The minimum atomic E-state index is -0.848. The van der Waals surface area contributed by atoms with E-state index >= 15 is 0 Å². The van der Waals surface area contributed by atoms with Crippen LogP contribution in [0.2, 0.25) is 5.15 Å². The lowest BCUT2D eigenvalue weighted by molar-refractivity contribution is 0.102. The highest BCUT2D eigenvalue weighted by molar-refractivity contribution is 6.29. The van der Waals surface area contributed by atoms with Crippen LogP contribution in [0.3, 0.4) is 0 Å². The number of anilines is 1. The van der Waals surface area contributed by atoms with Gasteiger partial charge in [-0.25, -0.2) is 9.37 Å². The van der Waals surface area contributed by atoms with Gasteiger partial charge in [-0.2, -0.15) is 5.26 Å². The average Bonchev–Trinajstić information content (AvgIpc) is 2.70. The van der Waals surface area contributed by atoms with Gasteiger partial charge in [0.1, 0.15) is 11.0 Å². The van der Waals surface area contributed by atoms with Gasteiger partial charge in [0.15, 0.2) is 0 Å². The van der Waals surface area contributed by atoms with E-state index in [1.165, 1.54) is 24.4 Å². The Bertz CT molecular complexity index is 1140.